The van der Waals surface area contributed by atoms with Crippen LogP contribution in [-0.4, -0.2) is 79.2 Å². The summed E-state index contributed by atoms with van der Waals surface area (Å²) in [6.07, 6.45) is 2.78. The van der Waals surface area contributed by atoms with Crippen LogP contribution in [0.3, 0.4) is 0 Å². The fraction of sp³-hybridized carbons (Fsp3) is 0.550. The van der Waals surface area contributed by atoms with Crippen LogP contribution in [0.5, 0.6) is 0 Å². The number of nitrogens with one attached hydrogen (secondary N) is 1. The molecule has 0 radical (unpaired) electrons. The first-order chi connectivity index (χ1) is 12.9. The van der Waals surface area contributed by atoms with Gasteiger partial charge in [-0.25, -0.2) is 0 Å². The van der Waals surface area contributed by atoms with E-state index in [4.69, 9.17) is 0 Å². The smallest absolute Gasteiger partial charge is 0.253 e. The van der Waals surface area contributed by atoms with Crippen LogP contribution in [0.4, 0.5) is 5.69 Å². The Bertz CT molecular complexity index is 698. The fourth-order valence-corrected chi connectivity index (χ4v) is 3.13. The van der Waals surface area contributed by atoms with Gasteiger partial charge in [-0.1, -0.05) is 0 Å². The van der Waals surface area contributed by atoms with Crippen LogP contribution < -0.4 is 5.32 Å². The molecule has 1 aliphatic heterocycles. The van der Waals surface area contributed by atoms with Gasteiger partial charge in [-0.15, -0.1) is 0 Å². The van der Waals surface area contributed by atoms with Gasteiger partial charge < -0.3 is 15.1 Å². The van der Waals surface area contributed by atoms with Crippen molar-refractivity contribution in [1.82, 2.24) is 14.7 Å². The molecule has 0 unspecified atom stereocenters. The lowest BCUT2D eigenvalue weighted by Crippen LogP contribution is -2.39. The maximum Gasteiger partial charge on any atom is 0.253 e. The molecule has 0 aromatic heterocycles. The molecule has 27 heavy (non-hydrogen) atoms. The van der Waals surface area contributed by atoms with Gasteiger partial charge in [-0.05, 0) is 43.5 Å². The van der Waals surface area contributed by atoms with Gasteiger partial charge in [0.05, 0.1) is 6.54 Å². The molecule has 1 saturated carbocycles. The Morgan fingerprint density at radius 1 is 1.04 bits per heavy atom. The second kappa shape index (κ2) is 8.52. The lowest BCUT2D eigenvalue weighted by atomic mass is 10.1. The zero-order valence-corrected chi connectivity index (χ0v) is 16.1. The number of anilines is 1. The zero-order chi connectivity index (χ0) is 19.4. The van der Waals surface area contributed by atoms with Gasteiger partial charge in [0.2, 0.25) is 11.8 Å². The monoisotopic (exact) mass is 372 g/mol. The average Bonchev–Trinajstić information content (AvgIpc) is 3.49. The first-order valence-electron chi connectivity index (χ1n) is 9.57. The maximum atomic E-state index is 12.8. The van der Waals surface area contributed by atoms with Gasteiger partial charge in [-0.2, -0.15) is 0 Å². The molecule has 1 N–H and O–H groups in total. The highest BCUT2D eigenvalue weighted by Crippen LogP contribution is 2.30. The van der Waals surface area contributed by atoms with Crippen molar-refractivity contribution in [3.05, 3.63) is 29.8 Å². The average molecular weight is 372 g/mol. The second-order valence-corrected chi connectivity index (χ2v) is 7.55. The fourth-order valence-electron chi connectivity index (χ4n) is 3.13. The topological polar surface area (TPSA) is 73.0 Å². The SMILES string of the molecule is CN(C)C(=O)CN1CCCN(C(=O)c2ccc(NC(=O)C3CC3)cc2)CC1. The normalized spacial score (nSPS) is 17.9. The summed E-state index contributed by atoms with van der Waals surface area (Å²) in [6, 6.07) is 7.10. The van der Waals surface area contributed by atoms with E-state index in [1.807, 2.05) is 4.90 Å². The van der Waals surface area contributed by atoms with Crippen molar-refractivity contribution in [2.24, 2.45) is 5.92 Å². The van der Waals surface area contributed by atoms with Crippen LogP contribution in [0.15, 0.2) is 24.3 Å². The van der Waals surface area contributed by atoms with Crippen molar-refractivity contribution >= 4 is 23.4 Å². The summed E-state index contributed by atoms with van der Waals surface area (Å²) in [5, 5.41) is 2.89. The molecule has 7 heteroatoms. The van der Waals surface area contributed by atoms with E-state index in [1.54, 1.807) is 43.3 Å². The molecule has 1 aliphatic carbocycles. The van der Waals surface area contributed by atoms with Gasteiger partial charge >= 0.3 is 0 Å². The largest absolute Gasteiger partial charge is 0.348 e. The molecule has 2 fully saturated rings. The molecule has 1 saturated heterocycles. The zero-order valence-electron chi connectivity index (χ0n) is 16.1. The van der Waals surface area contributed by atoms with Crippen molar-refractivity contribution in [3.63, 3.8) is 0 Å². The number of amides is 3. The third-order valence-electron chi connectivity index (χ3n) is 5.08. The Kier molecular flexibility index (Phi) is 6.11. The van der Waals surface area contributed by atoms with Gasteiger partial charge in [-0.3, -0.25) is 19.3 Å². The van der Waals surface area contributed by atoms with Crippen LogP contribution in [0.25, 0.3) is 0 Å². The highest BCUT2D eigenvalue weighted by Gasteiger charge is 2.29. The number of hydrogen-bond donors (Lipinski definition) is 1. The second-order valence-electron chi connectivity index (χ2n) is 7.55. The van der Waals surface area contributed by atoms with E-state index in [0.717, 1.165) is 31.5 Å². The summed E-state index contributed by atoms with van der Waals surface area (Å²) >= 11 is 0. The van der Waals surface area contributed by atoms with Crippen molar-refractivity contribution in [2.75, 3.05) is 52.1 Å². The number of rotatable bonds is 5. The van der Waals surface area contributed by atoms with Gasteiger partial charge in [0, 0.05) is 57.4 Å². The standard InChI is InChI=1S/C20H28N4O3/c1-22(2)18(25)14-23-10-3-11-24(13-12-23)20(27)16-6-8-17(9-7-16)21-19(26)15-4-5-15/h6-9,15H,3-5,10-14H2,1-2H3,(H,21,26). The summed E-state index contributed by atoms with van der Waals surface area (Å²) in [5.74, 6) is 0.300. The van der Waals surface area contributed by atoms with Crippen LogP contribution in [-0.2, 0) is 9.59 Å². The minimum atomic E-state index is -0.00384. The molecular weight excluding hydrogens is 344 g/mol. The summed E-state index contributed by atoms with van der Waals surface area (Å²) in [5.41, 5.74) is 1.35. The van der Waals surface area contributed by atoms with Crippen LogP contribution in [0, 0.1) is 5.92 Å². The summed E-state index contributed by atoms with van der Waals surface area (Å²) in [4.78, 5) is 42.0. The lowest BCUT2D eigenvalue weighted by Gasteiger charge is -2.23. The first kappa shape index (κ1) is 19.4. The van der Waals surface area contributed by atoms with E-state index in [-0.39, 0.29) is 23.6 Å². The number of carbonyl (C=O) groups excluding carboxylic acids is 3. The van der Waals surface area contributed by atoms with E-state index in [1.165, 1.54) is 0 Å². The highest BCUT2D eigenvalue weighted by atomic mass is 16.2. The van der Waals surface area contributed by atoms with E-state index < -0.39 is 0 Å². The molecule has 2 aliphatic rings. The lowest BCUT2D eigenvalue weighted by molar-refractivity contribution is -0.129. The minimum absolute atomic E-state index is 0.00384. The highest BCUT2D eigenvalue weighted by molar-refractivity contribution is 5.96. The molecule has 146 valence electrons. The molecule has 3 rings (SSSR count). The van der Waals surface area contributed by atoms with E-state index >= 15 is 0 Å². The number of benzene rings is 1. The Balaban J connectivity index is 1.54. The number of likely N-dealkylation sites (N-methyl/N-ethyl adjacent to an activating group) is 1. The Morgan fingerprint density at radius 2 is 1.74 bits per heavy atom. The summed E-state index contributed by atoms with van der Waals surface area (Å²) in [7, 11) is 3.51. The summed E-state index contributed by atoms with van der Waals surface area (Å²) in [6.45, 7) is 3.20. The number of carbonyl (C=O) groups is 3. The van der Waals surface area contributed by atoms with Crippen molar-refractivity contribution < 1.29 is 14.4 Å². The third-order valence-corrected chi connectivity index (χ3v) is 5.08. The molecule has 1 aromatic carbocycles. The van der Waals surface area contributed by atoms with E-state index in [9.17, 15) is 14.4 Å². The first-order valence-corrected chi connectivity index (χ1v) is 9.57. The molecule has 1 aromatic rings. The molecule has 0 bridgehead atoms. The number of nitrogens with zero attached hydrogens (tertiary/aromatic N) is 3. The minimum Gasteiger partial charge on any atom is -0.348 e. The maximum absolute atomic E-state index is 12.8. The molecule has 0 atom stereocenters. The molecular formula is C20H28N4O3. The summed E-state index contributed by atoms with van der Waals surface area (Å²) < 4.78 is 0. The van der Waals surface area contributed by atoms with Crippen LogP contribution in [0.1, 0.15) is 29.6 Å². The van der Waals surface area contributed by atoms with Gasteiger partial charge in [0.15, 0.2) is 0 Å². The quantitative estimate of drug-likeness (QED) is 0.845. The van der Waals surface area contributed by atoms with Crippen molar-refractivity contribution in [3.8, 4) is 0 Å². The molecule has 3 amide bonds. The molecule has 1 heterocycles. The molecule has 7 nitrogen and oxygen atoms in total. The molecule has 0 spiro atoms. The van der Waals surface area contributed by atoms with E-state index in [2.05, 4.69) is 10.2 Å². The van der Waals surface area contributed by atoms with Gasteiger partial charge in [0.1, 0.15) is 0 Å². The van der Waals surface area contributed by atoms with Crippen molar-refractivity contribution in [1.29, 1.82) is 0 Å². The third kappa shape index (κ3) is 5.29. The van der Waals surface area contributed by atoms with Crippen molar-refractivity contribution in [2.45, 2.75) is 19.3 Å². The van der Waals surface area contributed by atoms with Gasteiger partial charge in [0.25, 0.3) is 5.91 Å². The Labute approximate surface area is 160 Å². The Morgan fingerprint density at radius 3 is 2.37 bits per heavy atom. The predicted molar refractivity (Wildman–Crippen MR) is 103 cm³/mol. The van der Waals surface area contributed by atoms with Crippen LogP contribution >= 0.6 is 0 Å². The van der Waals surface area contributed by atoms with E-state index in [0.29, 0.717) is 31.7 Å². The predicted octanol–water partition coefficient (Wildman–Crippen LogP) is 1.27. The number of hydrogen-bond acceptors (Lipinski definition) is 4. The Hall–Kier alpha value is -2.41. The van der Waals surface area contributed by atoms with Crippen LogP contribution in [0.2, 0.25) is 0 Å².